The van der Waals surface area contributed by atoms with Crippen molar-refractivity contribution in [1.29, 1.82) is 0 Å². The zero-order valence-corrected chi connectivity index (χ0v) is 16.4. The Morgan fingerprint density at radius 1 is 1.24 bits per heavy atom. The van der Waals surface area contributed by atoms with E-state index in [-0.39, 0.29) is 6.04 Å². The molecule has 0 spiro atoms. The summed E-state index contributed by atoms with van der Waals surface area (Å²) < 4.78 is 16.7. The summed E-state index contributed by atoms with van der Waals surface area (Å²) in [5.41, 5.74) is 2.67. The SMILES string of the molecule is CCCc1noc2nc(-c3ccco3)cc(-c3nc(C4CNCCN4C)no3)c12. The number of furan rings is 1. The predicted octanol–water partition coefficient (Wildman–Crippen LogP) is 3.06. The molecule has 5 heterocycles. The lowest BCUT2D eigenvalue weighted by atomic mass is 10.1. The van der Waals surface area contributed by atoms with Gasteiger partial charge in [0, 0.05) is 19.6 Å². The second-order valence-corrected chi connectivity index (χ2v) is 7.25. The standard InChI is InChI=1S/C20H22N6O3/c1-3-5-13-17-12(10-14(16-6-4-9-27-16)22-20(17)29-24-13)19-23-18(25-28-19)15-11-21-7-8-26(15)2/h4,6,9-10,15,21H,3,5,7-8,11H2,1-2H3. The first-order valence-electron chi connectivity index (χ1n) is 9.82. The third-order valence-electron chi connectivity index (χ3n) is 5.26. The Morgan fingerprint density at radius 3 is 2.97 bits per heavy atom. The molecule has 29 heavy (non-hydrogen) atoms. The fourth-order valence-corrected chi connectivity index (χ4v) is 3.71. The number of rotatable bonds is 5. The van der Waals surface area contributed by atoms with Crippen molar-refractivity contribution in [3.05, 3.63) is 36.0 Å². The first-order chi connectivity index (χ1) is 14.2. The van der Waals surface area contributed by atoms with Gasteiger partial charge in [0.1, 0.15) is 5.69 Å². The molecular formula is C20H22N6O3. The molecule has 1 aliphatic rings. The maximum atomic E-state index is 5.69. The highest BCUT2D eigenvalue weighted by Crippen LogP contribution is 2.34. The van der Waals surface area contributed by atoms with Gasteiger partial charge in [0.2, 0.25) is 0 Å². The topological polar surface area (TPSA) is 106 Å². The average Bonchev–Trinajstić information content (AvgIpc) is 3.49. The lowest BCUT2D eigenvalue weighted by Gasteiger charge is -2.30. The number of hydrogen-bond acceptors (Lipinski definition) is 9. The van der Waals surface area contributed by atoms with Gasteiger partial charge in [-0.3, -0.25) is 4.90 Å². The van der Waals surface area contributed by atoms with Crippen LogP contribution in [0.5, 0.6) is 0 Å². The molecule has 0 aromatic carbocycles. The summed E-state index contributed by atoms with van der Waals surface area (Å²) in [7, 11) is 2.07. The molecule has 4 aromatic heterocycles. The van der Waals surface area contributed by atoms with E-state index < -0.39 is 0 Å². The second kappa shape index (κ2) is 7.41. The Labute approximate surface area is 167 Å². The van der Waals surface area contributed by atoms with E-state index in [1.807, 2.05) is 18.2 Å². The van der Waals surface area contributed by atoms with Crippen molar-refractivity contribution in [2.45, 2.75) is 25.8 Å². The maximum Gasteiger partial charge on any atom is 0.259 e. The van der Waals surface area contributed by atoms with Crippen LogP contribution >= 0.6 is 0 Å². The van der Waals surface area contributed by atoms with E-state index in [1.54, 1.807) is 6.26 Å². The van der Waals surface area contributed by atoms with Crippen molar-refractivity contribution >= 4 is 11.1 Å². The molecule has 1 fully saturated rings. The van der Waals surface area contributed by atoms with Gasteiger partial charge in [-0.25, -0.2) is 4.98 Å². The first-order valence-corrected chi connectivity index (χ1v) is 9.82. The first kappa shape index (κ1) is 18.0. The molecule has 1 saturated heterocycles. The van der Waals surface area contributed by atoms with Gasteiger partial charge in [0.05, 0.1) is 28.9 Å². The molecule has 0 bridgehead atoms. The summed E-state index contributed by atoms with van der Waals surface area (Å²) in [6.45, 7) is 4.77. The molecule has 9 nitrogen and oxygen atoms in total. The molecule has 1 aliphatic heterocycles. The third-order valence-corrected chi connectivity index (χ3v) is 5.26. The minimum atomic E-state index is 0.0701. The number of nitrogens with zero attached hydrogens (tertiary/aromatic N) is 5. The van der Waals surface area contributed by atoms with Crippen LogP contribution in [0.25, 0.3) is 34.0 Å². The van der Waals surface area contributed by atoms with Gasteiger partial charge in [-0.15, -0.1) is 0 Å². The Balaban J connectivity index is 1.64. The summed E-state index contributed by atoms with van der Waals surface area (Å²) in [6.07, 6.45) is 3.33. The van der Waals surface area contributed by atoms with Crippen LogP contribution in [0.15, 0.2) is 37.9 Å². The van der Waals surface area contributed by atoms with Crippen molar-refractivity contribution < 1.29 is 13.5 Å². The Morgan fingerprint density at radius 2 is 2.17 bits per heavy atom. The zero-order chi connectivity index (χ0) is 19.8. The lowest BCUT2D eigenvalue weighted by molar-refractivity contribution is 0.190. The van der Waals surface area contributed by atoms with Gasteiger partial charge in [0.15, 0.2) is 11.6 Å². The van der Waals surface area contributed by atoms with Gasteiger partial charge < -0.3 is 18.8 Å². The van der Waals surface area contributed by atoms with E-state index in [4.69, 9.17) is 18.4 Å². The molecule has 0 saturated carbocycles. The normalized spacial score (nSPS) is 17.9. The van der Waals surface area contributed by atoms with Crippen molar-refractivity contribution in [3.63, 3.8) is 0 Å². The summed E-state index contributed by atoms with van der Waals surface area (Å²) in [5, 5.41) is 12.7. The van der Waals surface area contributed by atoms with Crippen LogP contribution < -0.4 is 5.32 Å². The van der Waals surface area contributed by atoms with Crippen molar-refractivity contribution in [1.82, 2.24) is 30.5 Å². The van der Waals surface area contributed by atoms with E-state index in [0.717, 1.165) is 49.1 Å². The summed E-state index contributed by atoms with van der Waals surface area (Å²) in [4.78, 5) is 11.5. The highest BCUT2D eigenvalue weighted by Gasteiger charge is 2.27. The zero-order valence-electron chi connectivity index (χ0n) is 16.4. The number of fused-ring (bicyclic) bond motifs is 1. The van der Waals surface area contributed by atoms with Gasteiger partial charge in [-0.2, -0.15) is 4.98 Å². The largest absolute Gasteiger partial charge is 0.463 e. The maximum absolute atomic E-state index is 5.69. The van der Waals surface area contributed by atoms with Crippen LogP contribution in [-0.4, -0.2) is 51.9 Å². The van der Waals surface area contributed by atoms with Crippen LogP contribution in [0, 0.1) is 0 Å². The number of aryl methyl sites for hydroxylation is 1. The average molecular weight is 394 g/mol. The van der Waals surface area contributed by atoms with Gasteiger partial charge in [-0.1, -0.05) is 23.7 Å². The summed E-state index contributed by atoms with van der Waals surface area (Å²) in [5.74, 6) is 1.73. The van der Waals surface area contributed by atoms with Crippen LogP contribution in [0.3, 0.4) is 0 Å². The molecule has 1 atom stereocenters. The fourth-order valence-electron chi connectivity index (χ4n) is 3.71. The third kappa shape index (κ3) is 3.22. The van der Waals surface area contributed by atoms with E-state index in [9.17, 15) is 0 Å². The number of nitrogens with one attached hydrogen (secondary N) is 1. The molecule has 1 unspecified atom stereocenters. The van der Waals surface area contributed by atoms with E-state index in [2.05, 4.69) is 39.5 Å². The molecule has 0 aliphatic carbocycles. The number of pyridine rings is 1. The van der Waals surface area contributed by atoms with Crippen LogP contribution in [0.2, 0.25) is 0 Å². The molecule has 0 amide bonds. The smallest absolute Gasteiger partial charge is 0.259 e. The number of hydrogen-bond donors (Lipinski definition) is 1. The number of piperazine rings is 1. The molecule has 150 valence electrons. The van der Waals surface area contributed by atoms with Gasteiger partial charge in [0.25, 0.3) is 11.6 Å². The van der Waals surface area contributed by atoms with E-state index in [1.165, 1.54) is 0 Å². The molecule has 1 N–H and O–H groups in total. The monoisotopic (exact) mass is 394 g/mol. The Hall–Kier alpha value is -3.04. The Kier molecular flexibility index (Phi) is 4.61. The van der Waals surface area contributed by atoms with Crippen LogP contribution in [0.4, 0.5) is 0 Å². The predicted molar refractivity (Wildman–Crippen MR) is 105 cm³/mol. The van der Waals surface area contributed by atoms with Crippen molar-refractivity contribution in [3.8, 4) is 22.9 Å². The highest BCUT2D eigenvalue weighted by molar-refractivity contribution is 5.93. The molecular weight excluding hydrogens is 372 g/mol. The minimum absolute atomic E-state index is 0.0701. The Bertz CT molecular complexity index is 1120. The quantitative estimate of drug-likeness (QED) is 0.546. The van der Waals surface area contributed by atoms with Crippen LogP contribution in [0.1, 0.15) is 30.9 Å². The summed E-state index contributed by atoms with van der Waals surface area (Å²) >= 11 is 0. The minimum Gasteiger partial charge on any atom is -0.463 e. The fraction of sp³-hybridized carbons (Fsp3) is 0.400. The van der Waals surface area contributed by atoms with Crippen molar-refractivity contribution in [2.75, 3.05) is 26.7 Å². The van der Waals surface area contributed by atoms with Gasteiger partial charge in [-0.05, 0) is 31.7 Å². The number of aromatic nitrogens is 4. The molecule has 0 radical (unpaired) electrons. The van der Waals surface area contributed by atoms with Gasteiger partial charge >= 0.3 is 0 Å². The number of likely N-dealkylation sites (N-methyl/N-ethyl adjacent to an activating group) is 1. The second-order valence-electron chi connectivity index (χ2n) is 7.25. The van der Waals surface area contributed by atoms with Crippen molar-refractivity contribution in [2.24, 2.45) is 0 Å². The lowest BCUT2D eigenvalue weighted by Crippen LogP contribution is -2.44. The molecule has 5 rings (SSSR count). The highest BCUT2D eigenvalue weighted by atomic mass is 16.5. The van der Waals surface area contributed by atoms with Crippen LogP contribution in [-0.2, 0) is 6.42 Å². The summed E-state index contributed by atoms with van der Waals surface area (Å²) in [6, 6.07) is 5.64. The molecule has 4 aromatic rings. The van der Waals surface area contributed by atoms with E-state index in [0.29, 0.717) is 28.9 Å². The molecule has 9 heteroatoms. The van der Waals surface area contributed by atoms with E-state index >= 15 is 0 Å².